The summed E-state index contributed by atoms with van der Waals surface area (Å²) in [7, 11) is 0. The summed E-state index contributed by atoms with van der Waals surface area (Å²) in [5.41, 5.74) is -0.145. The average molecular weight is 181 g/mol. The van der Waals surface area contributed by atoms with Crippen molar-refractivity contribution in [1.29, 1.82) is 0 Å². The van der Waals surface area contributed by atoms with Crippen LogP contribution in [0.25, 0.3) is 0 Å². The van der Waals surface area contributed by atoms with E-state index >= 15 is 0 Å². The molecule has 0 unspecified atom stereocenters. The lowest BCUT2D eigenvalue weighted by Crippen LogP contribution is -2.60. The maximum Gasteiger partial charge on any atom is 0.126 e. The number of rotatable bonds is 2. The molecule has 1 aromatic rings. The Kier molecular flexibility index (Phi) is 2.06. The maximum absolute atomic E-state index is 13.1. The van der Waals surface area contributed by atoms with Crippen LogP contribution in [0.1, 0.15) is 5.56 Å². The van der Waals surface area contributed by atoms with E-state index in [0.717, 1.165) is 0 Å². The Balaban J connectivity index is 2.13. The van der Waals surface area contributed by atoms with Crippen LogP contribution in [-0.4, -0.2) is 23.8 Å². The molecule has 1 aromatic carbocycles. The molecule has 1 aliphatic heterocycles. The molecule has 1 fully saturated rings. The van der Waals surface area contributed by atoms with Gasteiger partial charge in [0.05, 0.1) is 5.60 Å². The Morgan fingerprint density at radius 2 is 2.08 bits per heavy atom. The minimum absolute atomic E-state index is 0.233. The Bertz CT molecular complexity index is 310. The van der Waals surface area contributed by atoms with E-state index < -0.39 is 5.60 Å². The van der Waals surface area contributed by atoms with Gasteiger partial charge in [-0.15, -0.1) is 0 Å². The Labute approximate surface area is 76.4 Å². The predicted octanol–water partition coefficient (Wildman–Crippen LogP) is 0.702. The van der Waals surface area contributed by atoms with E-state index in [-0.39, 0.29) is 5.82 Å². The van der Waals surface area contributed by atoms with E-state index in [1.54, 1.807) is 18.2 Å². The average Bonchev–Trinajstić information content (AvgIpc) is 2.06. The molecular weight excluding hydrogens is 169 g/mol. The number of hydrogen-bond donors (Lipinski definition) is 2. The quantitative estimate of drug-likeness (QED) is 0.704. The summed E-state index contributed by atoms with van der Waals surface area (Å²) < 4.78 is 13.1. The summed E-state index contributed by atoms with van der Waals surface area (Å²) in [5, 5.41) is 12.7. The first-order chi connectivity index (χ1) is 6.20. The SMILES string of the molecule is OC1(Cc2ccccc2F)CNC1. The van der Waals surface area contributed by atoms with Crippen LogP contribution in [-0.2, 0) is 6.42 Å². The molecule has 1 aliphatic rings. The Hall–Kier alpha value is -0.930. The lowest BCUT2D eigenvalue weighted by molar-refractivity contribution is -0.00967. The van der Waals surface area contributed by atoms with Gasteiger partial charge in [0.1, 0.15) is 5.82 Å². The van der Waals surface area contributed by atoms with E-state index in [0.29, 0.717) is 25.1 Å². The van der Waals surface area contributed by atoms with Crippen molar-refractivity contribution < 1.29 is 9.50 Å². The van der Waals surface area contributed by atoms with Gasteiger partial charge in [-0.05, 0) is 11.6 Å². The Morgan fingerprint density at radius 3 is 2.62 bits per heavy atom. The van der Waals surface area contributed by atoms with E-state index in [4.69, 9.17) is 0 Å². The fraction of sp³-hybridized carbons (Fsp3) is 0.400. The van der Waals surface area contributed by atoms with E-state index in [9.17, 15) is 9.50 Å². The lowest BCUT2D eigenvalue weighted by Gasteiger charge is -2.37. The van der Waals surface area contributed by atoms with Crippen LogP contribution in [0, 0.1) is 5.82 Å². The summed E-state index contributed by atoms with van der Waals surface area (Å²) >= 11 is 0. The third-order valence-corrected chi connectivity index (χ3v) is 2.39. The van der Waals surface area contributed by atoms with Gasteiger partial charge >= 0.3 is 0 Å². The van der Waals surface area contributed by atoms with E-state index in [1.807, 2.05) is 0 Å². The number of nitrogens with one attached hydrogen (secondary N) is 1. The summed E-state index contributed by atoms with van der Waals surface area (Å²) in [4.78, 5) is 0. The van der Waals surface area contributed by atoms with E-state index in [1.165, 1.54) is 6.07 Å². The second kappa shape index (κ2) is 3.09. The van der Waals surface area contributed by atoms with Crippen molar-refractivity contribution in [2.75, 3.05) is 13.1 Å². The smallest absolute Gasteiger partial charge is 0.126 e. The lowest BCUT2D eigenvalue weighted by atomic mass is 9.89. The summed E-state index contributed by atoms with van der Waals surface area (Å²) in [5.74, 6) is -0.233. The fourth-order valence-corrected chi connectivity index (χ4v) is 1.53. The Morgan fingerprint density at radius 1 is 1.38 bits per heavy atom. The zero-order chi connectivity index (χ0) is 9.31. The normalized spacial score (nSPS) is 19.5. The van der Waals surface area contributed by atoms with Crippen molar-refractivity contribution in [3.8, 4) is 0 Å². The molecule has 2 rings (SSSR count). The monoisotopic (exact) mass is 181 g/mol. The van der Waals surface area contributed by atoms with Gasteiger partial charge in [-0.25, -0.2) is 4.39 Å². The maximum atomic E-state index is 13.1. The molecule has 0 aliphatic carbocycles. The second-order valence-electron chi connectivity index (χ2n) is 3.60. The van der Waals surface area contributed by atoms with Crippen LogP contribution in [0.2, 0.25) is 0 Å². The molecule has 0 bridgehead atoms. The van der Waals surface area contributed by atoms with Gasteiger partial charge in [0.25, 0.3) is 0 Å². The minimum atomic E-state index is -0.734. The highest BCUT2D eigenvalue weighted by Crippen LogP contribution is 2.19. The molecule has 70 valence electrons. The van der Waals surface area contributed by atoms with E-state index in [2.05, 4.69) is 5.32 Å². The highest BCUT2D eigenvalue weighted by molar-refractivity contribution is 5.20. The third-order valence-electron chi connectivity index (χ3n) is 2.39. The molecule has 3 heteroatoms. The van der Waals surface area contributed by atoms with Crippen molar-refractivity contribution in [2.45, 2.75) is 12.0 Å². The molecule has 0 radical (unpaired) electrons. The molecule has 0 saturated carbocycles. The number of β-amino-alcohol motifs (C(OH)–C–C–N with tert-alkyl or cyclic N) is 1. The minimum Gasteiger partial charge on any atom is -0.387 e. The molecule has 2 N–H and O–H groups in total. The van der Waals surface area contributed by atoms with Gasteiger partial charge in [-0.3, -0.25) is 0 Å². The van der Waals surface area contributed by atoms with Gasteiger partial charge in [-0.1, -0.05) is 18.2 Å². The van der Waals surface area contributed by atoms with Crippen LogP contribution in [0.5, 0.6) is 0 Å². The van der Waals surface area contributed by atoms with Gasteiger partial charge in [0.2, 0.25) is 0 Å². The molecule has 13 heavy (non-hydrogen) atoms. The van der Waals surface area contributed by atoms with Crippen molar-refractivity contribution >= 4 is 0 Å². The van der Waals surface area contributed by atoms with Crippen molar-refractivity contribution in [3.63, 3.8) is 0 Å². The van der Waals surface area contributed by atoms with Crippen LogP contribution in [0.3, 0.4) is 0 Å². The highest BCUT2D eigenvalue weighted by atomic mass is 19.1. The van der Waals surface area contributed by atoms with Gasteiger partial charge in [0.15, 0.2) is 0 Å². The largest absolute Gasteiger partial charge is 0.387 e. The molecule has 0 spiro atoms. The number of benzene rings is 1. The van der Waals surface area contributed by atoms with Crippen LogP contribution in [0.15, 0.2) is 24.3 Å². The predicted molar refractivity (Wildman–Crippen MR) is 47.9 cm³/mol. The van der Waals surface area contributed by atoms with Crippen molar-refractivity contribution in [2.24, 2.45) is 0 Å². The third kappa shape index (κ3) is 1.71. The zero-order valence-corrected chi connectivity index (χ0v) is 7.26. The topological polar surface area (TPSA) is 32.3 Å². The molecule has 0 aromatic heterocycles. The molecular formula is C10H12FNO. The summed E-state index contributed by atoms with van der Waals surface area (Å²) in [6.07, 6.45) is 0.396. The standard InChI is InChI=1S/C10H12FNO/c11-9-4-2-1-3-8(9)5-10(13)6-12-7-10/h1-4,12-13H,5-7H2. The molecule has 1 heterocycles. The summed E-state index contributed by atoms with van der Waals surface area (Å²) in [6.45, 7) is 1.11. The fourth-order valence-electron chi connectivity index (χ4n) is 1.53. The van der Waals surface area contributed by atoms with Gasteiger partial charge in [-0.2, -0.15) is 0 Å². The summed E-state index contributed by atoms with van der Waals surface area (Å²) in [6, 6.07) is 6.58. The van der Waals surface area contributed by atoms with Crippen molar-refractivity contribution in [3.05, 3.63) is 35.6 Å². The van der Waals surface area contributed by atoms with Crippen LogP contribution >= 0.6 is 0 Å². The highest BCUT2D eigenvalue weighted by Gasteiger charge is 2.34. The van der Waals surface area contributed by atoms with Gasteiger partial charge in [0, 0.05) is 19.5 Å². The molecule has 0 amide bonds. The first-order valence-corrected chi connectivity index (χ1v) is 4.36. The van der Waals surface area contributed by atoms with Gasteiger partial charge < -0.3 is 10.4 Å². The first kappa shape index (κ1) is 8.66. The van der Waals surface area contributed by atoms with Crippen molar-refractivity contribution in [1.82, 2.24) is 5.32 Å². The number of aliphatic hydroxyl groups is 1. The first-order valence-electron chi connectivity index (χ1n) is 4.36. The number of hydrogen-bond acceptors (Lipinski definition) is 2. The number of halogens is 1. The zero-order valence-electron chi connectivity index (χ0n) is 7.26. The molecule has 1 saturated heterocycles. The molecule has 0 atom stereocenters. The van der Waals surface area contributed by atoms with Crippen LogP contribution < -0.4 is 5.32 Å². The molecule has 2 nitrogen and oxygen atoms in total. The second-order valence-corrected chi connectivity index (χ2v) is 3.60. The van der Waals surface area contributed by atoms with Crippen LogP contribution in [0.4, 0.5) is 4.39 Å².